The van der Waals surface area contributed by atoms with E-state index in [2.05, 4.69) is 0 Å². The normalized spacial score (nSPS) is 2.67. The quantitative estimate of drug-likeness (QED) is 0.328. The van der Waals surface area contributed by atoms with Gasteiger partial charge in [0, 0.05) is 0 Å². The summed E-state index contributed by atoms with van der Waals surface area (Å²) in [6.45, 7) is 0. The van der Waals surface area contributed by atoms with Gasteiger partial charge in [0.05, 0.1) is 0 Å². The first-order valence-electron chi connectivity index (χ1n) is 0.612. The van der Waals surface area contributed by atoms with Gasteiger partial charge in [-0.2, -0.15) is 0 Å². The van der Waals surface area contributed by atoms with Crippen LogP contribution >= 0.6 is 0 Å². The molecule has 0 aliphatic heterocycles. The van der Waals surface area contributed by atoms with Crippen molar-refractivity contribution in [2.24, 2.45) is 0 Å². The second-order valence-electron chi connectivity index (χ2n) is 0.250. The molecule has 0 bridgehead atoms. The van der Waals surface area contributed by atoms with Crippen molar-refractivity contribution in [3.8, 4) is 0 Å². The maximum Gasteiger partial charge on any atom is 2.00 e. The minimum atomic E-state index is -2.33. The second kappa shape index (κ2) is 37.8. The Hall–Kier alpha value is 0.682. The predicted octanol–water partition coefficient (Wildman–Crippen LogP) is -5.46. The Bertz CT molecular complexity index is 41.6. The summed E-state index contributed by atoms with van der Waals surface area (Å²) in [6, 6.07) is 0. The van der Waals surface area contributed by atoms with Gasteiger partial charge in [-0.3, -0.25) is 0 Å². The van der Waals surface area contributed by atoms with Crippen LogP contribution in [-0.4, -0.2) is 68.7 Å². The van der Waals surface area contributed by atoms with E-state index in [9.17, 15) is 0 Å². The van der Waals surface area contributed by atoms with Crippen molar-refractivity contribution in [1.82, 2.24) is 0 Å². The van der Waals surface area contributed by atoms with Crippen molar-refractivity contribution >= 4 is 52.3 Å². The van der Waals surface area contributed by atoms with E-state index < -0.39 is 6.16 Å². The first-order valence-corrected chi connectivity index (χ1v) is 0.612. The van der Waals surface area contributed by atoms with Crippen LogP contribution in [0.3, 0.4) is 0 Å². The molecular formula is CH8Mg2O6. The van der Waals surface area contributed by atoms with Gasteiger partial charge in [-0.05, 0) is 6.16 Å². The molecule has 0 fully saturated rings. The van der Waals surface area contributed by atoms with E-state index in [1.807, 2.05) is 0 Å². The SMILES string of the molecule is O.O.O.O=C([O-])[O-].[H-].[H-].[Mg+2].[Mg+2]. The number of carboxylic acid groups (broad SMARTS) is 2. The molecule has 6 nitrogen and oxygen atoms in total. The van der Waals surface area contributed by atoms with E-state index in [0.29, 0.717) is 0 Å². The van der Waals surface area contributed by atoms with Gasteiger partial charge in [0.2, 0.25) is 0 Å². The molecule has 0 heterocycles. The molecule has 0 aromatic heterocycles. The summed E-state index contributed by atoms with van der Waals surface area (Å²) >= 11 is 0. The summed E-state index contributed by atoms with van der Waals surface area (Å²) in [6.07, 6.45) is -2.33. The summed E-state index contributed by atoms with van der Waals surface area (Å²) in [5.41, 5.74) is 0. The van der Waals surface area contributed by atoms with Crippen LogP contribution in [0.2, 0.25) is 0 Å². The molecule has 9 heavy (non-hydrogen) atoms. The van der Waals surface area contributed by atoms with Crippen LogP contribution in [0.5, 0.6) is 0 Å². The van der Waals surface area contributed by atoms with Gasteiger partial charge >= 0.3 is 46.1 Å². The Morgan fingerprint density at radius 1 is 1.00 bits per heavy atom. The van der Waals surface area contributed by atoms with E-state index in [0.717, 1.165) is 0 Å². The second-order valence-corrected chi connectivity index (χ2v) is 0.250. The van der Waals surface area contributed by atoms with Gasteiger partial charge in [0.1, 0.15) is 0 Å². The Morgan fingerprint density at radius 3 is 1.00 bits per heavy atom. The van der Waals surface area contributed by atoms with Gasteiger partial charge in [-0.15, -0.1) is 0 Å². The third-order valence-electron chi connectivity index (χ3n) is 0. The molecule has 0 spiro atoms. The molecule has 0 aliphatic carbocycles. The molecule has 0 aromatic rings. The average Bonchev–Trinajstić information content (AvgIpc) is 0.811. The van der Waals surface area contributed by atoms with Crippen molar-refractivity contribution in [2.75, 3.05) is 0 Å². The number of carbonyl (C=O) groups is 1. The standard InChI is InChI=1S/CH2O3.2Mg.3H2O.2H/c2-1(3)4;;;;;;;/h(H2,2,3,4);;;3*1H2;;/q;2*+2;;;;2*-1/p-2. The number of hydrogen-bond donors (Lipinski definition) is 0. The summed E-state index contributed by atoms with van der Waals surface area (Å²) in [7, 11) is 0. The monoisotopic (exact) mass is 164 g/mol. The molecule has 6 N–H and O–H groups in total. The van der Waals surface area contributed by atoms with E-state index in [4.69, 9.17) is 15.0 Å². The summed E-state index contributed by atoms with van der Waals surface area (Å²) in [5.74, 6) is 0. The minimum absolute atomic E-state index is 0. The van der Waals surface area contributed by atoms with E-state index in [1.165, 1.54) is 0 Å². The maximum atomic E-state index is 8.33. The molecular weight excluding hydrogens is 157 g/mol. The van der Waals surface area contributed by atoms with Gasteiger partial charge in [0.15, 0.2) is 0 Å². The molecule has 8 heteroatoms. The third-order valence-corrected chi connectivity index (χ3v) is 0. The molecule has 0 aliphatic rings. The van der Waals surface area contributed by atoms with Crippen LogP contribution in [0, 0.1) is 0 Å². The largest absolute Gasteiger partial charge is 2.00 e. The first-order chi connectivity index (χ1) is 1.73. The zero-order valence-corrected chi connectivity index (χ0v) is 7.47. The zero-order valence-electron chi connectivity index (χ0n) is 6.64. The third kappa shape index (κ3) is 832. The van der Waals surface area contributed by atoms with Crippen molar-refractivity contribution in [2.45, 2.75) is 0 Å². The van der Waals surface area contributed by atoms with Crippen LogP contribution < -0.4 is 10.2 Å². The molecule has 0 atom stereocenters. The van der Waals surface area contributed by atoms with E-state index in [-0.39, 0.29) is 65.4 Å². The molecule has 0 saturated carbocycles. The molecule has 0 radical (unpaired) electrons. The van der Waals surface area contributed by atoms with Crippen LogP contribution in [0.25, 0.3) is 0 Å². The smallest absolute Gasteiger partial charge is 1.00 e. The number of rotatable bonds is 0. The number of carbonyl (C=O) groups excluding carboxylic acids is 1. The average molecular weight is 165 g/mol. The molecule has 0 amide bonds. The molecule has 0 unspecified atom stereocenters. The Labute approximate surface area is 86.4 Å². The first kappa shape index (κ1) is 53.8. The van der Waals surface area contributed by atoms with Gasteiger partial charge in [0.25, 0.3) is 0 Å². The van der Waals surface area contributed by atoms with E-state index in [1.54, 1.807) is 0 Å². The fourth-order valence-corrected chi connectivity index (χ4v) is 0. The Kier molecular flexibility index (Phi) is 226. The summed E-state index contributed by atoms with van der Waals surface area (Å²) in [5, 5.41) is 16.7. The van der Waals surface area contributed by atoms with Crippen LogP contribution in [0.15, 0.2) is 0 Å². The predicted molar refractivity (Wildman–Crippen MR) is 30.0 cm³/mol. The Morgan fingerprint density at radius 2 is 1.00 bits per heavy atom. The van der Waals surface area contributed by atoms with Gasteiger partial charge in [-0.25, -0.2) is 0 Å². The van der Waals surface area contributed by atoms with Crippen LogP contribution in [-0.2, 0) is 0 Å². The summed E-state index contributed by atoms with van der Waals surface area (Å²) in [4.78, 5) is 8.33. The molecule has 0 aromatic carbocycles. The molecule has 52 valence electrons. The van der Waals surface area contributed by atoms with Crippen molar-refractivity contribution in [3.63, 3.8) is 0 Å². The van der Waals surface area contributed by atoms with E-state index >= 15 is 0 Å². The van der Waals surface area contributed by atoms with Gasteiger partial charge < -0.3 is 34.3 Å². The topological polar surface area (TPSA) is 158 Å². The summed E-state index contributed by atoms with van der Waals surface area (Å²) < 4.78 is 0. The number of hydrogen-bond acceptors (Lipinski definition) is 3. The van der Waals surface area contributed by atoms with Crippen LogP contribution in [0.4, 0.5) is 4.79 Å². The van der Waals surface area contributed by atoms with Crippen LogP contribution in [0.1, 0.15) is 2.85 Å². The van der Waals surface area contributed by atoms with Crippen molar-refractivity contribution < 1.29 is 34.3 Å². The van der Waals surface area contributed by atoms with Crippen molar-refractivity contribution in [3.05, 3.63) is 0 Å². The Balaban J connectivity index is -0.00000000214. The van der Waals surface area contributed by atoms with Crippen molar-refractivity contribution in [1.29, 1.82) is 0 Å². The fourth-order valence-electron chi connectivity index (χ4n) is 0. The zero-order chi connectivity index (χ0) is 3.58. The maximum absolute atomic E-state index is 8.33. The molecule has 0 rings (SSSR count). The molecule has 0 saturated heterocycles. The minimum Gasteiger partial charge on any atom is -1.00 e. The van der Waals surface area contributed by atoms with Gasteiger partial charge in [-0.1, -0.05) is 0 Å². The fraction of sp³-hybridized carbons (Fsp3) is 0.